The number of halogens is 3. The Bertz CT molecular complexity index is 2570. The highest BCUT2D eigenvalue weighted by Gasteiger charge is 2.21. The van der Waals surface area contributed by atoms with Gasteiger partial charge in [0.25, 0.3) is 17.4 Å². The lowest BCUT2D eigenvalue weighted by molar-refractivity contribution is 0.0945. The van der Waals surface area contributed by atoms with Gasteiger partial charge < -0.3 is 30.7 Å². The van der Waals surface area contributed by atoms with Gasteiger partial charge in [-0.2, -0.15) is 0 Å². The number of anilines is 3. The van der Waals surface area contributed by atoms with E-state index in [0.29, 0.717) is 22.8 Å². The third-order valence-corrected chi connectivity index (χ3v) is 9.48. The molecule has 0 aliphatic heterocycles. The monoisotopic (exact) mass is 744 g/mol. The summed E-state index contributed by atoms with van der Waals surface area (Å²) < 4.78 is 76.0. The van der Waals surface area contributed by atoms with Crippen molar-refractivity contribution in [2.24, 2.45) is 7.05 Å². The minimum atomic E-state index is -3.71. The molecule has 0 atom stereocenters. The van der Waals surface area contributed by atoms with Gasteiger partial charge in [0.1, 0.15) is 28.6 Å². The molecule has 4 aromatic carbocycles. The van der Waals surface area contributed by atoms with Crippen LogP contribution in [-0.2, 0) is 23.6 Å². The predicted octanol–water partition coefficient (Wildman–Crippen LogP) is 6.27. The maximum Gasteiger partial charge on any atom is 0.274 e. The molecule has 6 rings (SSSR count). The number of pyridine rings is 1. The minimum absolute atomic E-state index is 0.0207. The van der Waals surface area contributed by atoms with Crippen LogP contribution in [0.4, 0.5) is 30.2 Å². The van der Waals surface area contributed by atoms with Crippen LogP contribution in [0.15, 0.2) is 95.9 Å². The molecular formula is C37H31F3N6O6S. The first-order chi connectivity index (χ1) is 25.2. The summed E-state index contributed by atoms with van der Waals surface area (Å²) in [4.78, 5) is 42.2. The summed E-state index contributed by atoms with van der Waals surface area (Å²) in [6, 6.07) is 18.4. The van der Waals surface area contributed by atoms with Crippen molar-refractivity contribution in [2.45, 2.75) is 13.5 Å². The molecule has 272 valence electrons. The highest BCUT2D eigenvalue weighted by molar-refractivity contribution is 7.92. The summed E-state index contributed by atoms with van der Waals surface area (Å²) in [6.45, 7) is 1.51. The third-order valence-electron chi connectivity index (χ3n) is 8.18. The molecule has 0 saturated heterocycles. The van der Waals surface area contributed by atoms with Crippen molar-refractivity contribution in [3.8, 4) is 22.6 Å². The third kappa shape index (κ3) is 8.02. The van der Waals surface area contributed by atoms with E-state index in [-0.39, 0.29) is 63.0 Å². The standard InChI is InChI=1S/C37H31F3N6O6S/c1-3-53(50,51)45-24-10-13-32(52-33-12-9-22(38)14-28(33)40)25(16-24)27-19-46(2)37(49)34-26(27)17-31(43-34)36(48)42-18-20-4-6-21(7-5-20)35(47)44-30-11-8-23(39)15-29(30)41/h4-17,19,43,45H,3,18,41H2,1-2H3,(H,42,48)(H,44,47). The van der Waals surface area contributed by atoms with E-state index in [0.717, 1.165) is 18.2 Å². The first-order valence-corrected chi connectivity index (χ1v) is 17.6. The number of carbonyl (C=O) groups excluding carboxylic acids is 2. The average molecular weight is 745 g/mol. The molecule has 0 spiro atoms. The van der Waals surface area contributed by atoms with Crippen LogP contribution in [0.25, 0.3) is 22.0 Å². The molecule has 0 unspecified atom stereocenters. The number of nitrogen functional groups attached to an aromatic ring is 1. The van der Waals surface area contributed by atoms with Crippen molar-refractivity contribution >= 4 is 49.8 Å². The van der Waals surface area contributed by atoms with Crippen LogP contribution in [0.3, 0.4) is 0 Å². The van der Waals surface area contributed by atoms with Crippen LogP contribution in [0.1, 0.15) is 33.3 Å². The number of aryl methyl sites for hydroxylation is 1. The molecule has 12 nitrogen and oxygen atoms in total. The number of rotatable bonds is 11. The molecule has 2 heterocycles. The van der Waals surface area contributed by atoms with Crippen LogP contribution in [0, 0.1) is 17.5 Å². The van der Waals surface area contributed by atoms with Gasteiger partial charge in [-0.15, -0.1) is 0 Å². The van der Waals surface area contributed by atoms with Gasteiger partial charge in [0.15, 0.2) is 11.6 Å². The zero-order chi connectivity index (χ0) is 38.0. The van der Waals surface area contributed by atoms with Crippen molar-refractivity contribution in [3.05, 3.63) is 136 Å². The highest BCUT2D eigenvalue weighted by Crippen LogP contribution is 2.39. The fourth-order valence-corrected chi connectivity index (χ4v) is 6.02. The molecule has 2 aromatic heterocycles. The number of benzene rings is 4. The first-order valence-electron chi connectivity index (χ1n) is 15.9. The van der Waals surface area contributed by atoms with E-state index in [1.165, 1.54) is 61.1 Å². The Balaban J connectivity index is 1.28. The van der Waals surface area contributed by atoms with Crippen molar-refractivity contribution in [1.82, 2.24) is 14.9 Å². The number of amides is 2. The highest BCUT2D eigenvalue weighted by atomic mass is 32.2. The van der Waals surface area contributed by atoms with Crippen LogP contribution in [0.2, 0.25) is 0 Å². The number of ether oxygens (including phenoxy) is 1. The van der Waals surface area contributed by atoms with Gasteiger partial charge in [-0.25, -0.2) is 21.6 Å². The van der Waals surface area contributed by atoms with Crippen molar-refractivity contribution in [1.29, 1.82) is 0 Å². The van der Waals surface area contributed by atoms with E-state index in [1.807, 2.05) is 0 Å². The first kappa shape index (κ1) is 36.2. The quantitative estimate of drug-likeness (QED) is 0.0971. The van der Waals surface area contributed by atoms with Crippen molar-refractivity contribution < 1.29 is 35.9 Å². The van der Waals surface area contributed by atoms with E-state index < -0.39 is 44.8 Å². The van der Waals surface area contributed by atoms with Crippen LogP contribution in [0.5, 0.6) is 11.5 Å². The summed E-state index contributed by atoms with van der Waals surface area (Å²) in [5.74, 6) is -3.86. The lowest BCUT2D eigenvalue weighted by Gasteiger charge is -2.16. The largest absolute Gasteiger partial charge is 0.454 e. The van der Waals surface area contributed by atoms with Gasteiger partial charge in [0.2, 0.25) is 10.0 Å². The van der Waals surface area contributed by atoms with Crippen molar-refractivity contribution in [2.75, 3.05) is 21.5 Å². The molecule has 0 fully saturated rings. The number of H-pyrrole nitrogens is 1. The van der Waals surface area contributed by atoms with Gasteiger partial charge in [0, 0.05) is 53.6 Å². The van der Waals surface area contributed by atoms with E-state index in [9.17, 15) is 36.0 Å². The van der Waals surface area contributed by atoms with E-state index in [2.05, 4.69) is 20.3 Å². The molecule has 6 aromatic rings. The summed E-state index contributed by atoms with van der Waals surface area (Å²) in [7, 11) is -2.23. The van der Waals surface area contributed by atoms with Crippen LogP contribution in [-0.4, -0.2) is 35.5 Å². The second kappa shape index (κ2) is 14.6. The van der Waals surface area contributed by atoms with Gasteiger partial charge in [-0.3, -0.25) is 19.1 Å². The second-order valence-electron chi connectivity index (χ2n) is 11.9. The number of aromatic nitrogens is 2. The van der Waals surface area contributed by atoms with Crippen molar-refractivity contribution in [3.63, 3.8) is 0 Å². The second-order valence-corrected chi connectivity index (χ2v) is 13.9. The molecule has 0 aliphatic rings. The molecule has 0 bridgehead atoms. The zero-order valence-corrected chi connectivity index (χ0v) is 28.9. The number of sulfonamides is 1. The average Bonchev–Trinajstić information content (AvgIpc) is 3.58. The minimum Gasteiger partial charge on any atom is -0.454 e. The SMILES string of the molecule is CCS(=O)(=O)Nc1ccc(Oc2ccc(F)cc2F)c(-c2cn(C)c(=O)c3[nH]c(C(=O)NCc4ccc(C(=O)Nc5ccc(F)cc5N)cc4)cc23)c1. The molecule has 6 N–H and O–H groups in total. The van der Waals surface area contributed by atoms with Gasteiger partial charge in [-0.05, 0) is 79.2 Å². The number of aromatic amines is 1. The summed E-state index contributed by atoms with van der Waals surface area (Å²) >= 11 is 0. The number of fused-ring (bicyclic) bond motifs is 1. The lowest BCUT2D eigenvalue weighted by atomic mass is 10.0. The Morgan fingerprint density at radius 1 is 0.868 bits per heavy atom. The Kier molecular flexibility index (Phi) is 9.98. The summed E-state index contributed by atoms with van der Waals surface area (Å²) in [5.41, 5.74) is 7.32. The van der Waals surface area contributed by atoms with Crippen LogP contribution >= 0.6 is 0 Å². The molecule has 53 heavy (non-hydrogen) atoms. The smallest absolute Gasteiger partial charge is 0.274 e. The number of hydrogen-bond acceptors (Lipinski definition) is 7. The number of nitrogens with two attached hydrogens (primary N) is 1. The molecular weight excluding hydrogens is 714 g/mol. The zero-order valence-electron chi connectivity index (χ0n) is 28.1. The lowest BCUT2D eigenvalue weighted by Crippen LogP contribution is -2.23. The predicted molar refractivity (Wildman–Crippen MR) is 195 cm³/mol. The van der Waals surface area contributed by atoms with E-state index in [4.69, 9.17) is 10.5 Å². The molecule has 0 radical (unpaired) electrons. The molecule has 16 heteroatoms. The Morgan fingerprint density at radius 3 is 2.26 bits per heavy atom. The molecule has 0 saturated carbocycles. The number of hydrogen-bond donors (Lipinski definition) is 5. The number of carbonyl (C=O) groups is 2. The molecule has 0 aliphatic carbocycles. The van der Waals surface area contributed by atoms with E-state index >= 15 is 0 Å². The molecule has 2 amide bonds. The fourth-order valence-electron chi connectivity index (χ4n) is 5.39. The normalized spacial score (nSPS) is 11.3. The Morgan fingerprint density at radius 2 is 1.57 bits per heavy atom. The van der Waals surface area contributed by atoms with Crippen LogP contribution < -0.4 is 31.4 Å². The number of nitrogens with zero attached hydrogens (tertiary/aromatic N) is 1. The Hall–Kier alpha value is -6.55. The topological polar surface area (TPSA) is 177 Å². The van der Waals surface area contributed by atoms with Gasteiger partial charge in [-0.1, -0.05) is 12.1 Å². The Labute approximate surface area is 300 Å². The summed E-state index contributed by atoms with van der Waals surface area (Å²) in [5, 5.41) is 5.65. The number of nitrogens with one attached hydrogen (secondary N) is 4. The maximum absolute atomic E-state index is 14.7. The fraction of sp³-hybridized carbons (Fsp3) is 0.108. The van der Waals surface area contributed by atoms with Gasteiger partial charge >= 0.3 is 0 Å². The summed E-state index contributed by atoms with van der Waals surface area (Å²) in [6.07, 6.45) is 1.46. The maximum atomic E-state index is 14.7. The van der Waals surface area contributed by atoms with E-state index in [1.54, 1.807) is 24.3 Å². The van der Waals surface area contributed by atoms with Gasteiger partial charge in [0.05, 0.1) is 17.1 Å².